The molecule has 0 amide bonds. The Hall–Kier alpha value is -1.51. The number of aromatic nitrogens is 2. The van der Waals surface area contributed by atoms with Gasteiger partial charge in [-0.15, -0.1) is 0 Å². The van der Waals surface area contributed by atoms with Crippen molar-refractivity contribution >= 4 is 21.5 Å². The van der Waals surface area contributed by atoms with Crippen molar-refractivity contribution in [2.45, 2.75) is 134 Å². The minimum Gasteiger partial charge on any atom is -0.394 e. The van der Waals surface area contributed by atoms with Crippen molar-refractivity contribution in [1.82, 2.24) is 9.55 Å². The summed E-state index contributed by atoms with van der Waals surface area (Å²) in [4.78, 5) is 41.3. The van der Waals surface area contributed by atoms with E-state index in [2.05, 4.69) is 25.5 Å². The van der Waals surface area contributed by atoms with Crippen LogP contribution in [0.15, 0.2) is 17.1 Å². The van der Waals surface area contributed by atoms with Gasteiger partial charge in [0.25, 0.3) is 0 Å². The second-order valence-electron chi connectivity index (χ2n) is 12.3. The average Bonchev–Trinajstić information content (AvgIpc) is 3.32. The van der Waals surface area contributed by atoms with Crippen LogP contribution in [0.1, 0.15) is 103 Å². The van der Waals surface area contributed by atoms with E-state index in [0.29, 0.717) is 6.61 Å². The monoisotopic (exact) mass is 801 g/mol. The fraction of sp³-hybridized carbons (Fsp3) is 0.867. The zero-order valence-electron chi connectivity index (χ0n) is 29.4. The molecular weight excluding hydrogens is 745 g/mol. The third-order valence-electron chi connectivity index (χ3n) is 7.71. The topological polar surface area (TPSA) is 263 Å². The molecule has 17 nitrogen and oxygen atoms in total. The summed E-state index contributed by atoms with van der Waals surface area (Å²) in [7, 11) is -10.5. The van der Waals surface area contributed by atoms with E-state index in [4.69, 9.17) is 35.0 Å². The molecule has 0 saturated carbocycles. The molecule has 1 saturated heterocycles. The molecule has 1 aromatic rings. The maximum Gasteiger partial charge on any atom is 0.481 e. The first kappa shape index (κ1) is 48.5. The van der Waals surface area contributed by atoms with Gasteiger partial charge in [0.05, 0.1) is 19.8 Å². The number of aliphatic hydroxyl groups is 3. The fourth-order valence-corrected chi connectivity index (χ4v) is 6.62. The van der Waals surface area contributed by atoms with Gasteiger partial charge in [0.1, 0.15) is 36.8 Å². The van der Waals surface area contributed by atoms with Crippen LogP contribution in [0.4, 0.5) is 19.0 Å². The number of halogens is 3. The molecule has 0 aliphatic carbocycles. The van der Waals surface area contributed by atoms with E-state index in [9.17, 15) is 37.3 Å². The van der Waals surface area contributed by atoms with Crippen molar-refractivity contribution in [2.24, 2.45) is 0 Å². The molecule has 2 heterocycles. The Morgan fingerprint density at radius 2 is 1.48 bits per heavy atom. The number of anilines is 1. The Labute approximate surface area is 301 Å². The van der Waals surface area contributed by atoms with Crippen LogP contribution in [0.25, 0.3) is 0 Å². The lowest BCUT2D eigenvalue weighted by atomic mass is 10.0. The lowest BCUT2D eigenvalue weighted by Gasteiger charge is -2.17. The number of nitrogen functional groups attached to an aromatic ring is 1. The van der Waals surface area contributed by atoms with Gasteiger partial charge < -0.3 is 49.9 Å². The zero-order chi connectivity index (χ0) is 39.2. The molecule has 1 aliphatic heterocycles. The highest BCUT2D eigenvalue weighted by molar-refractivity contribution is 7.60. The highest BCUT2D eigenvalue weighted by Gasteiger charge is 2.45. The van der Waals surface area contributed by atoms with Gasteiger partial charge in [-0.25, -0.2) is 13.9 Å². The molecule has 2 rings (SSSR count). The van der Waals surface area contributed by atoms with Crippen molar-refractivity contribution in [1.29, 1.82) is 0 Å². The number of unbranched alkanes of at least 4 members (excludes halogenated alkanes) is 13. The maximum absolute atomic E-state index is 12.0. The molecule has 22 heteroatoms. The standard InChI is InChI=1S/C21H41F3O3.C9H15N3O11P2/c1-2-3-4-5-6-7-8-9-10-11-12-13-14-15-16-26-18-20(17-25)27-19-21(22,23)24;10-5-1-2-12(9(15)11-5)8-7(14)6(13)4(22-8)3-21-25(19,20)23-24(16,17)18/h20,25H,2-19H2,1H3;1-2,4,6-8,13-14H,3H2,(H,19,20)(H2,10,11,15)(H2,16,17,18)/t;4-,6-,7-,8-/m.1/s1. The number of phosphoric ester groups is 1. The zero-order valence-corrected chi connectivity index (χ0v) is 31.2. The summed E-state index contributed by atoms with van der Waals surface area (Å²) in [5, 5.41) is 28.8. The van der Waals surface area contributed by atoms with Gasteiger partial charge in [-0.1, -0.05) is 90.4 Å². The average molecular weight is 802 g/mol. The Balaban J connectivity index is 0.000000521. The van der Waals surface area contributed by atoms with E-state index in [1.54, 1.807) is 0 Å². The first-order valence-corrected chi connectivity index (χ1v) is 20.4. The molecule has 1 fully saturated rings. The van der Waals surface area contributed by atoms with Crippen LogP contribution in [0.3, 0.4) is 0 Å². The van der Waals surface area contributed by atoms with Gasteiger partial charge in [0.2, 0.25) is 0 Å². The number of nitrogens with zero attached hydrogens (tertiary/aromatic N) is 2. The van der Waals surface area contributed by atoms with E-state index in [0.717, 1.165) is 23.6 Å². The summed E-state index contributed by atoms with van der Waals surface area (Å²) < 4.78 is 81.8. The van der Waals surface area contributed by atoms with E-state index in [1.165, 1.54) is 83.1 Å². The molecule has 0 spiro atoms. The van der Waals surface area contributed by atoms with E-state index in [1.807, 2.05) is 0 Å². The SMILES string of the molecule is CCCCCCCCCCCCCCCCOCC(CO)OCC(F)(F)F.Nc1ccn([C@@H]2O[C@H](COP(=O)(O)OP(=O)(O)O)[C@@H](O)[C@H]2O)c(=O)n1. The molecule has 2 unspecified atom stereocenters. The quantitative estimate of drug-likeness (QED) is 0.0514. The number of hydrogen-bond acceptors (Lipinski definition) is 13. The number of alkyl halides is 3. The Morgan fingerprint density at radius 3 is 1.96 bits per heavy atom. The summed E-state index contributed by atoms with van der Waals surface area (Å²) in [5.74, 6) is -0.0787. The van der Waals surface area contributed by atoms with Crippen LogP contribution in [-0.2, 0) is 32.2 Å². The van der Waals surface area contributed by atoms with Crippen LogP contribution in [0, 0.1) is 0 Å². The van der Waals surface area contributed by atoms with Gasteiger partial charge in [0, 0.05) is 12.8 Å². The first-order chi connectivity index (χ1) is 24.4. The van der Waals surface area contributed by atoms with E-state index in [-0.39, 0.29) is 12.4 Å². The molecule has 1 aromatic heterocycles. The Bertz CT molecular complexity index is 1260. The van der Waals surface area contributed by atoms with E-state index >= 15 is 0 Å². The summed E-state index contributed by atoms with van der Waals surface area (Å²) in [6.45, 7) is 0.0707. The number of ether oxygens (including phenoxy) is 3. The predicted molar refractivity (Wildman–Crippen MR) is 182 cm³/mol. The number of rotatable bonds is 26. The van der Waals surface area contributed by atoms with Crippen molar-refractivity contribution in [3.05, 3.63) is 22.7 Å². The van der Waals surface area contributed by atoms with Gasteiger partial charge in [0.15, 0.2) is 6.23 Å². The third kappa shape index (κ3) is 22.6. The highest BCUT2D eigenvalue weighted by Crippen LogP contribution is 2.57. The van der Waals surface area contributed by atoms with Crippen molar-refractivity contribution < 1.29 is 75.3 Å². The molecule has 0 aromatic carbocycles. The van der Waals surface area contributed by atoms with Crippen LogP contribution in [-0.4, -0.2) is 103 Å². The summed E-state index contributed by atoms with van der Waals surface area (Å²) in [6, 6.07) is 1.24. The minimum atomic E-state index is -5.30. The van der Waals surface area contributed by atoms with Crippen molar-refractivity contribution in [3.8, 4) is 0 Å². The summed E-state index contributed by atoms with van der Waals surface area (Å²) in [5.41, 5.74) is 4.45. The number of phosphoric acid groups is 2. The Kier molecular flexibility index (Phi) is 23.8. The van der Waals surface area contributed by atoms with Gasteiger partial charge in [-0.05, 0) is 12.5 Å². The molecule has 6 atom stereocenters. The third-order valence-corrected chi connectivity index (χ3v) is 9.86. The molecule has 52 heavy (non-hydrogen) atoms. The lowest BCUT2D eigenvalue weighted by Crippen LogP contribution is -2.36. The van der Waals surface area contributed by atoms with Crippen LogP contribution in [0.5, 0.6) is 0 Å². The van der Waals surface area contributed by atoms with Crippen LogP contribution < -0.4 is 11.4 Å². The molecule has 0 radical (unpaired) electrons. The van der Waals surface area contributed by atoms with Crippen LogP contribution >= 0.6 is 15.6 Å². The van der Waals surface area contributed by atoms with Crippen molar-refractivity contribution in [2.75, 3.05) is 38.8 Å². The predicted octanol–water partition coefficient (Wildman–Crippen LogP) is 4.10. The second-order valence-corrected chi connectivity index (χ2v) is 15.2. The molecule has 0 bridgehead atoms. The highest BCUT2D eigenvalue weighted by atomic mass is 31.3. The lowest BCUT2D eigenvalue weighted by molar-refractivity contribution is -0.194. The van der Waals surface area contributed by atoms with Gasteiger partial charge in [-0.3, -0.25) is 9.09 Å². The van der Waals surface area contributed by atoms with E-state index < -0.39 is 78.0 Å². The summed E-state index contributed by atoms with van der Waals surface area (Å²) in [6.07, 6.45) is 7.73. The minimum absolute atomic E-state index is 0.00498. The first-order valence-electron chi connectivity index (χ1n) is 17.4. The van der Waals surface area contributed by atoms with Gasteiger partial charge in [-0.2, -0.15) is 22.5 Å². The normalized spacial score (nSPS) is 21.0. The molecule has 1 aliphatic rings. The second kappa shape index (κ2) is 25.5. The maximum atomic E-state index is 12.0. The molecule has 8 N–H and O–H groups in total. The molecule has 306 valence electrons. The van der Waals surface area contributed by atoms with Gasteiger partial charge >= 0.3 is 27.5 Å². The largest absolute Gasteiger partial charge is 0.481 e. The number of nitrogens with two attached hydrogens (primary N) is 1. The Morgan fingerprint density at radius 1 is 0.942 bits per heavy atom. The van der Waals surface area contributed by atoms with Crippen molar-refractivity contribution in [3.63, 3.8) is 0 Å². The number of aliphatic hydroxyl groups excluding tert-OH is 3. The fourth-order valence-electron chi connectivity index (χ4n) is 5.02. The molecular formula is C30H56F3N3O14P2. The van der Waals surface area contributed by atoms with Crippen LogP contribution in [0.2, 0.25) is 0 Å². The number of hydrogen-bond donors (Lipinski definition) is 7. The summed E-state index contributed by atoms with van der Waals surface area (Å²) >= 11 is 0. The smallest absolute Gasteiger partial charge is 0.394 e.